The minimum absolute atomic E-state index is 0.0415. The molecule has 23 heavy (non-hydrogen) atoms. The van der Waals surface area contributed by atoms with Gasteiger partial charge in [0.1, 0.15) is 18.5 Å². The Balaban J connectivity index is 2.14. The van der Waals surface area contributed by atoms with E-state index in [0.717, 1.165) is 17.1 Å². The Kier molecular flexibility index (Phi) is 3.67. The van der Waals surface area contributed by atoms with Gasteiger partial charge in [0, 0.05) is 30.2 Å². The van der Waals surface area contributed by atoms with Crippen molar-refractivity contribution in [3.05, 3.63) is 42.0 Å². The first kappa shape index (κ1) is 15.6. The molecule has 1 heterocycles. The maximum absolute atomic E-state index is 5.56. The summed E-state index contributed by atoms with van der Waals surface area (Å²) in [5.74, 6) is 1.63. The molecule has 3 heteroatoms. The van der Waals surface area contributed by atoms with Crippen molar-refractivity contribution in [2.24, 2.45) is 0 Å². The van der Waals surface area contributed by atoms with Crippen LogP contribution in [0.15, 0.2) is 36.4 Å². The second kappa shape index (κ2) is 5.41. The van der Waals surface area contributed by atoms with Crippen LogP contribution in [0.5, 0.6) is 11.5 Å². The van der Waals surface area contributed by atoms with Gasteiger partial charge in [0.2, 0.25) is 5.69 Å². The summed E-state index contributed by atoms with van der Waals surface area (Å²) in [5.41, 5.74) is 6.29. The van der Waals surface area contributed by atoms with E-state index in [1.165, 1.54) is 22.5 Å². The minimum Gasteiger partial charge on any atom is -0.497 e. The summed E-state index contributed by atoms with van der Waals surface area (Å²) < 4.78 is 13.1. The van der Waals surface area contributed by atoms with Crippen molar-refractivity contribution in [1.82, 2.24) is 0 Å². The lowest BCUT2D eigenvalue weighted by atomic mass is 9.81. The molecule has 0 N–H and O–H groups in total. The zero-order valence-electron chi connectivity index (χ0n) is 14.7. The third-order valence-corrected chi connectivity index (χ3v) is 5.16. The van der Waals surface area contributed by atoms with Crippen molar-refractivity contribution in [1.29, 1.82) is 0 Å². The molecule has 0 saturated heterocycles. The summed E-state index contributed by atoms with van der Waals surface area (Å²) in [6.07, 6.45) is 0. The van der Waals surface area contributed by atoms with Crippen molar-refractivity contribution in [3.8, 4) is 22.6 Å². The summed E-state index contributed by atoms with van der Waals surface area (Å²) in [6, 6.07) is 12.6. The van der Waals surface area contributed by atoms with Crippen LogP contribution in [0.25, 0.3) is 11.1 Å². The first-order valence-corrected chi connectivity index (χ1v) is 7.85. The highest BCUT2D eigenvalue weighted by Crippen LogP contribution is 2.42. The molecule has 0 aliphatic carbocycles. The second-order valence-corrected chi connectivity index (χ2v) is 6.57. The molecule has 0 amide bonds. The van der Waals surface area contributed by atoms with Gasteiger partial charge >= 0.3 is 0 Å². The molecule has 0 bridgehead atoms. The highest BCUT2D eigenvalue weighted by molar-refractivity contribution is 5.94. The average Bonchev–Trinajstić information content (AvgIpc) is 2.74. The SMILES string of the molecule is COc1ccc(-c2ccc3c(c2)C(C)(C)C(C)=[N+]3C)c(OC)c1. The van der Waals surface area contributed by atoms with Crippen LogP contribution in [0.3, 0.4) is 0 Å². The zero-order valence-corrected chi connectivity index (χ0v) is 14.7. The highest BCUT2D eigenvalue weighted by Gasteiger charge is 2.41. The van der Waals surface area contributed by atoms with E-state index in [2.05, 4.69) is 56.7 Å². The van der Waals surface area contributed by atoms with E-state index in [0.29, 0.717) is 0 Å². The molecule has 3 rings (SSSR count). The van der Waals surface area contributed by atoms with Crippen molar-refractivity contribution < 1.29 is 14.0 Å². The van der Waals surface area contributed by atoms with Crippen molar-refractivity contribution in [3.63, 3.8) is 0 Å². The smallest absolute Gasteiger partial charge is 0.209 e. The number of benzene rings is 2. The molecule has 3 nitrogen and oxygen atoms in total. The number of hydrogen-bond donors (Lipinski definition) is 0. The molecule has 0 unspecified atom stereocenters. The summed E-state index contributed by atoms with van der Waals surface area (Å²) in [7, 11) is 5.50. The van der Waals surface area contributed by atoms with E-state index in [9.17, 15) is 0 Å². The second-order valence-electron chi connectivity index (χ2n) is 6.57. The predicted octanol–water partition coefficient (Wildman–Crippen LogP) is 4.40. The van der Waals surface area contributed by atoms with Crippen molar-refractivity contribution in [2.75, 3.05) is 21.3 Å². The van der Waals surface area contributed by atoms with Crippen LogP contribution in [0.4, 0.5) is 5.69 Å². The molecule has 0 aromatic heterocycles. The standard InChI is InChI=1S/C20H24NO2/c1-13-20(2,3)17-11-14(7-10-18(17)21(13)4)16-9-8-15(22-5)12-19(16)23-6/h7-12H,1-6H3/q+1. The molecule has 1 aliphatic rings. The van der Waals surface area contributed by atoms with Crippen LogP contribution in [0.1, 0.15) is 26.3 Å². The third-order valence-electron chi connectivity index (χ3n) is 5.16. The van der Waals surface area contributed by atoms with Gasteiger partial charge in [-0.2, -0.15) is 0 Å². The van der Waals surface area contributed by atoms with Gasteiger partial charge in [-0.3, -0.25) is 0 Å². The Labute approximate surface area is 138 Å². The van der Waals surface area contributed by atoms with Crippen LogP contribution in [-0.4, -0.2) is 31.6 Å². The number of rotatable bonds is 3. The van der Waals surface area contributed by atoms with Gasteiger partial charge in [-0.1, -0.05) is 0 Å². The molecule has 0 fully saturated rings. The molecule has 120 valence electrons. The maximum Gasteiger partial charge on any atom is 0.209 e. The first-order valence-electron chi connectivity index (χ1n) is 7.85. The molecular formula is C20H24NO2+. The fraction of sp³-hybridized carbons (Fsp3) is 0.350. The molecule has 1 aliphatic heterocycles. The van der Waals surface area contributed by atoms with Gasteiger partial charge in [0.15, 0.2) is 5.71 Å². The van der Waals surface area contributed by atoms with Gasteiger partial charge in [0.05, 0.1) is 19.6 Å². The Morgan fingerprint density at radius 3 is 2.35 bits per heavy atom. The molecule has 2 aromatic carbocycles. The van der Waals surface area contributed by atoms with Crippen molar-refractivity contribution in [2.45, 2.75) is 26.2 Å². The molecule has 0 atom stereocenters. The fourth-order valence-electron chi connectivity index (χ4n) is 3.33. The van der Waals surface area contributed by atoms with Gasteiger partial charge < -0.3 is 9.47 Å². The largest absolute Gasteiger partial charge is 0.497 e. The zero-order chi connectivity index (χ0) is 16.8. The van der Waals surface area contributed by atoms with Crippen LogP contribution in [0.2, 0.25) is 0 Å². The van der Waals surface area contributed by atoms with Gasteiger partial charge in [0.25, 0.3) is 0 Å². The quantitative estimate of drug-likeness (QED) is 0.784. The highest BCUT2D eigenvalue weighted by atomic mass is 16.5. The van der Waals surface area contributed by atoms with Crippen LogP contribution >= 0.6 is 0 Å². The predicted molar refractivity (Wildman–Crippen MR) is 94.5 cm³/mol. The number of nitrogens with zero attached hydrogens (tertiary/aromatic N) is 1. The van der Waals surface area contributed by atoms with E-state index in [1.54, 1.807) is 14.2 Å². The Morgan fingerprint density at radius 2 is 1.70 bits per heavy atom. The molecule has 0 saturated carbocycles. The summed E-state index contributed by atoms with van der Waals surface area (Å²) in [5, 5.41) is 0. The lowest BCUT2D eigenvalue weighted by molar-refractivity contribution is -0.403. The van der Waals surface area contributed by atoms with E-state index >= 15 is 0 Å². The first-order chi connectivity index (χ1) is 10.9. The van der Waals surface area contributed by atoms with Crippen LogP contribution in [0, 0.1) is 0 Å². The maximum atomic E-state index is 5.56. The van der Waals surface area contributed by atoms with E-state index in [1.807, 2.05) is 12.1 Å². The molecule has 2 aromatic rings. The van der Waals surface area contributed by atoms with E-state index < -0.39 is 0 Å². The van der Waals surface area contributed by atoms with E-state index in [-0.39, 0.29) is 5.41 Å². The van der Waals surface area contributed by atoms with Gasteiger partial charge in [-0.15, -0.1) is 0 Å². The average molecular weight is 310 g/mol. The Bertz CT molecular complexity index is 803. The summed E-state index contributed by atoms with van der Waals surface area (Å²) in [4.78, 5) is 0. The van der Waals surface area contributed by atoms with Gasteiger partial charge in [-0.05, 0) is 43.7 Å². The lowest BCUT2D eigenvalue weighted by Crippen LogP contribution is -2.25. The lowest BCUT2D eigenvalue weighted by Gasteiger charge is -2.17. The van der Waals surface area contributed by atoms with Crippen LogP contribution in [-0.2, 0) is 5.41 Å². The fourth-order valence-corrected chi connectivity index (χ4v) is 3.33. The normalized spacial score (nSPS) is 15.6. The Hall–Kier alpha value is -2.29. The summed E-state index contributed by atoms with van der Waals surface area (Å²) in [6.45, 7) is 6.76. The number of hydrogen-bond acceptors (Lipinski definition) is 2. The third kappa shape index (κ3) is 2.31. The minimum atomic E-state index is 0.0415. The molecule has 0 spiro atoms. The monoisotopic (exact) mass is 310 g/mol. The number of methoxy groups -OCH3 is 2. The number of fused-ring (bicyclic) bond motifs is 1. The van der Waals surface area contributed by atoms with Gasteiger partial charge in [-0.25, -0.2) is 4.58 Å². The van der Waals surface area contributed by atoms with E-state index in [4.69, 9.17) is 9.47 Å². The molecular weight excluding hydrogens is 286 g/mol. The van der Waals surface area contributed by atoms with Crippen LogP contribution < -0.4 is 9.47 Å². The Morgan fingerprint density at radius 1 is 0.957 bits per heavy atom. The topological polar surface area (TPSA) is 21.5 Å². The number of ether oxygens (including phenoxy) is 2. The van der Waals surface area contributed by atoms with Crippen molar-refractivity contribution >= 4 is 11.4 Å². The summed E-state index contributed by atoms with van der Waals surface area (Å²) >= 11 is 0. The molecule has 0 radical (unpaired) electrons.